The van der Waals surface area contributed by atoms with Crippen molar-refractivity contribution < 1.29 is 4.79 Å². The van der Waals surface area contributed by atoms with Crippen LogP contribution in [-0.4, -0.2) is 41.5 Å². The SMILES string of the molecule is C[C@H]1CN(C(=O)c2csc(C3CC3)n2)CCN1. The fourth-order valence-corrected chi connectivity index (χ4v) is 3.15. The number of carbonyl (C=O) groups is 1. The van der Waals surface area contributed by atoms with Crippen molar-refractivity contribution in [2.24, 2.45) is 0 Å². The van der Waals surface area contributed by atoms with Crippen LogP contribution in [0.15, 0.2) is 5.38 Å². The van der Waals surface area contributed by atoms with Gasteiger partial charge in [-0.3, -0.25) is 4.79 Å². The van der Waals surface area contributed by atoms with Crippen LogP contribution in [-0.2, 0) is 0 Å². The minimum Gasteiger partial charge on any atom is -0.334 e. The van der Waals surface area contributed by atoms with Crippen molar-refractivity contribution in [1.82, 2.24) is 15.2 Å². The molecule has 1 atom stereocenters. The second-order valence-corrected chi connectivity index (χ2v) is 5.84. The summed E-state index contributed by atoms with van der Waals surface area (Å²) in [6, 6.07) is 0.384. The maximum Gasteiger partial charge on any atom is 0.273 e. The minimum absolute atomic E-state index is 0.0986. The molecule has 0 bridgehead atoms. The molecular weight excluding hydrogens is 234 g/mol. The minimum atomic E-state index is 0.0986. The van der Waals surface area contributed by atoms with Gasteiger partial charge in [0.25, 0.3) is 5.91 Å². The summed E-state index contributed by atoms with van der Waals surface area (Å²) in [5.41, 5.74) is 0.644. The van der Waals surface area contributed by atoms with Crippen molar-refractivity contribution in [3.05, 3.63) is 16.1 Å². The van der Waals surface area contributed by atoms with E-state index in [1.165, 1.54) is 12.8 Å². The second-order valence-electron chi connectivity index (χ2n) is 4.95. The van der Waals surface area contributed by atoms with Crippen LogP contribution in [0, 0.1) is 0 Å². The van der Waals surface area contributed by atoms with Crippen LogP contribution in [0.25, 0.3) is 0 Å². The molecule has 92 valence electrons. The highest BCUT2D eigenvalue weighted by molar-refractivity contribution is 7.10. The Bertz CT molecular complexity index is 427. The van der Waals surface area contributed by atoms with Gasteiger partial charge in [-0.1, -0.05) is 0 Å². The van der Waals surface area contributed by atoms with E-state index < -0.39 is 0 Å². The summed E-state index contributed by atoms with van der Waals surface area (Å²) in [5.74, 6) is 0.741. The first-order valence-electron chi connectivity index (χ1n) is 6.22. The number of carbonyl (C=O) groups excluding carboxylic acids is 1. The van der Waals surface area contributed by atoms with E-state index in [9.17, 15) is 4.79 Å². The lowest BCUT2D eigenvalue weighted by Gasteiger charge is -2.31. The number of aromatic nitrogens is 1. The molecule has 2 aliphatic rings. The van der Waals surface area contributed by atoms with Gasteiger partial charge >= 0.3 is 0 Å². The normalized spacial score (nSPS) is 25.0. The Labute approximate surface area is 105 Å². The summed E-state index contributed by atoms with van der Waals surface area (Å²) in [4.78, 5) is 18.6. The van der Waals surface area contributed by atoms with Crippen molar-refractivity contribution in [3.63, 3.8) is 0 Å². The average Bonchev–Trinajstić information content (AvgIpc) is 3.07. The molecule has 17 heavy (non-hydrogen) atoms. The first-order valence-corrected chi connectivity index (χ1v) is 7.10. The zero-order valence-corrected chi connectivity index (χ0v) is 10.8. The van der Waals surface area contributed by atoms with Crippen LogP contribution in [0.2, 0.25) is 0 Å². The lowest BCUT2D eigenvalue weighted by atomic mass is 10.2. The molecule has 1 saturated heterocycles. The fraction of sp³-hybridized carbons (Fsp3) is 0.667. The van der Waals surface area contributed by atoms with Gasteiger partial charge in [-0.05, 0) is 19.8 Å². The smallest absolute Gasteiger partial charge is 0.273 e. The highest BCUT2D eigenvalue weighted by atomic mass is 32.1. The van der Waals surface area contributed by atoms with Crippen molar-refractivity contribution in [3.8, 4) is 0 Å². The molecule has 0 aromatic carbocycles. The van der Waals surface area contributed by atoms with Crippen LogP contribution in [0.5, 0.6) is 0 Å². The maximum absolute atomic E-state index is 12.2. The van der Waals surface area contributed by atoms with Crippen molar-refractivity contribution in [1.29, 1.82) is 0 Å². The van der Waals surface area contributed by atoms with Gasteiger partial charge < -0.3 is 10.2 Å². The lowest BCUT2D eigenvalue weighted by molar-refractivity contribution is 0.0704. The Morgan fingerprint density at radius 1 is 1.59 bits per heavy atom. The highest BCUT2D eigenvalue weighted by Crippen LogP contribution is 2.41. The zero-order valence-electron chi connectivity index (χ0n) is 9.98. The molecule has 5 heteroatoms. The van der Waals surface area contributed by atoms with Gasteiger partial charge in [-0.2, -0.15) is 0 Å². The monoisotopic (exact) mass is 251 g/mol. The third-order valence-electron chi connectivity index (χ3n) is 3.32. The van der Waals surface area contributed by atoms with Gasteiger partial charge in [0.15, 0.2) is 0 Å². The average molecular weight is 251 g/mol. The van der Waals surface area contributed by atoms with E-state index in [0.717, 1.165) is 24.6 Å². The Morgan fingerprint density at radius 2 is 2.41 bits per heavy atom. The summed E-state index contributed by atoms with van der Waals surface area (Å²) in [5, 5.41) is 6.41. The van der Waals surface area contributed by atoms with Gasteiger partial charge in [-0.15, -0.1) is 11.3 Å². The molecule has 4 nitrogen and oxygen atoms in total. The molecular formula is C12H17N3OS. The molecule has 2 fully saturated rings. The van der Waals surface area contributed by atoms with Crippen LogP contribution in [0.4, 0.5) is 0 Å². The number of thiazole rings is 1. The molecule has 1 aromatic rings. The predicted molar refractivity (Wildman–Crippen MR) is 67.5 cm³/mol. The second kappa shape index (κ2) is 4.38. The Balaban J connectivity index is 1.71. The molecule has 1 N–H and O–H groups in total. The topological polar surface area (TPSA) is 45.2 Å². The van der Waals surface area contributed by atoms with E-state index in [1.54, 1.807) is 11.3 Å². The fourth-order valence-electron chi connectivity index (χ4n) is 2.18. The predicted octanol–water partition coefficient (Wildman–Crippen LogP) is 1.45. The third kappa shape index (κ3) is 2.35. The maximum atomic E-state index is 12.2. The molecule has 1 amide bonds. The van der Waals surface area contributed by atoms with Gasteiger partial charge in [0.2, 0.25) is 0 Å². The quantitative estimate of drug-likeness (QED) is 0.865. The van der Waals surface area contributed by atoms with Crippen LogP contribution in [0.1, 0.15) is 41.2 Å². The molecule has 1 saturated carbocycles. The molecule has 3 rings (SSSR count). The number of hydrogen-bond donors (Lipinski definition) is 1. The van der Waals surface area contributed by atoms with E-state index >= 15 is 0 Å². The zero-order chi connectivity index (χ0) is 11.8. The van der Waals surface area contributed by atoms with E-state index in [1.807, 2.05) is 10.3 Å². The number of hydrogen-bond acceptors (Lipinski definition) is 4. The van der Waals surface area contributed by atoms with Crippen LogP contribution >= 0.6 is 11.3 Å². The van der Waals surface area contributed by atoms with Gasteiger partial charge in [0.1, 0.15) is 5.69 Å². The third-order valence-corrected chi connectivity index (χ3v) is 4.33. The summed E-state index contributed by atoms with van der Waals surface area (Å²) < 4.78 is 0. The standard InChI is InChI=1S/C12H17N3OS/c1-8-6-15(5-4-13-8)12(16)10-7-17-11(14-10)9-2-3-9/h7-9,13H,2-6H2,1H3/t8-/m0/s1. The van der Waals surface area contributed by atoms with E-state index in [0.29, 0.717) is 17.7 Å². The number of rotatable bonds is 2. The largest absolute Gasteiger partial charge is 0.334 e. The molecule has 1 aliphatic carbocycles. The summed E-state index contributed by atoms with van der Waals surface area (Å²) >= 11 is 1.64. The number of amides is 1. The summed E-state index contributed by atoms with van der Waals surface area (Å²) in [6.07, 6.45) is 2.48. The van der Waals surface area contributed by atoms with Crippen molar-refractivity contribution >= 4 is 17.2 Å². The van der Waals surface area contributed by atoms with E-state index in [-0.39, 0.29) is 5.91 Å². The first kappa shape index (κ1) is 11.2. The van der Waals surface area contributed by atoms with Gasteiger partial charge in [-0.25, -0.2) is 4.98 Å². The number of piperazine rings is 1. The first-order chi connectivity index (χ1) is 8.24. The number of nitrogens with one attached hydrogen (secondary N) is 1. The van der Waals surface area contributed by atoms with Crippen molar-refractivity contribution in [2.75, 3.05) is 19.6 Å². The molecule has 0 unspecified atom stereocenters. The van der Waals surface area contributed by atoms with E-state index in [4.69, 9.17) is 0 Å². The molecule has 0 radical (unpaired) electrons. The van der Waals surface area contributed by atoms with Gasteiger partial charge in [0, 0.05) is 37.0 Å². The van der Waals surface area contributed by atoms with Gasteiger partial charge in [0.05, 0.1) is 5.01 Å². The Kier molecular flexibility index (Phi) is 2.88. The number of nitrogens with zero attached hydrogens (tertiary/aromatic N) is 2. The lowest BCUT2D eigenvalue weighted by Crippen LogP contribution is -2.51. The van der Waals surface area contributed by atoms with E-state index in [2.05, 4.69) is 17.2 Å². The molecule has 2 heterocycles. The van der Waals surface area contributed by atoms with Crippen LogP contribution in [0.3, 0.4) is 0 Å². The summed E-state index contributed by atoms with van der Waals surface area (Å²) in [6.45, 7) is 4.57. The Hall–Kier alpha value is -0.940. The molecule has 1 aliphatic heterocycles. The van der Waals surface area contributed by atoms with Crippen molar-refractivity contribution in [2.45, 2.75) is 31.7 Å². The molecule has 1 aromatic heterocycles. The van der Waals surface area contributed by atoms with Crippen LogP contribution < -0.4 is 5.32 Å². The summed E-state index contributed by atoms with van der Waals surface area (Å²) in [7, 11) is 0. The molecule has 0 spiro atoms. The highest BCUT2D eigenvalue weighted by Gasteiger charge is 2.29. The Morgan fingerprint density at radius 3 is 3.12 bits per heavy atom.